The molecule has 1 aromatic carbocycles. The van der Waals surface area contributed by atoms with Crippen molar-refractivity contribution in [2.75, 3.05) is 5.32 Å². The Bertz CT molecular complexity index is 1060. The third kappa shape index (κ3) is 5.10. The molecule has 0 bridgehead atoms. The maximum absolute atomic E-state index is 13.4. The molecule has 0 aliphatic rings. The number of pyridine rings is 1. The molecule has 0 atom stereocenters. The molecule has 0 spiro atoms. The highest BCUT2D eigenvalue weighted by Gasteiger charge is 2.28. The topological polar surface area (TPSA) is 92.5 Å². The first kappa shape index (κ1) is 20.8. The van der Waals surface area contributed by atoms with Gasteiger partial charge >= 0.3 is 0 Å². The molecular formula is C21H23N3O4S. The lowest BCUT2D eigenvalue weighted by atomic mass is 10.2. The summed E-state index contributed by atoms with van der Waals surface area (Å²) < 4.78 is 33.6. The number of rotatable bonds is 8. The Morgan fingerprint density at radius 1 is 1.14 bits per heavy atom. The predicted octanol–water partition coefficient (Wildman–Crippen LogP) is 3.72. The molecule has 3 rings (SSSR count). The van der Waals surface area contributed by atoms with Crippen molar-refractivity contribution in [3.8, 4) is 0 Å². The van der Waals surface area contributed by atoms with Crippen LogP contribution in [0, 0.1) is 6.92 Å². The number of amides is 1. The number of benzene rings is 1. The molecule has 1 amide bonds. The molecule has 0 saturated carbocycles. The number of furan rings is 1. The molecule has 29 heavy (non-hydrogen) atoms. The van der Waals surface area contributed by atoms with Crippen LogP contribution in [0.25, 0.3) is 0 Å². The number of nitrogens with one attached hydrogen (secondary N) is 1. The van der Waals surface area contributed by atoms with Crippen molar-refractivity contribution >= 4 is 21.6 Å². The van der Waals surface area contributed by atoms with E-state index in [1.807, 2.05) is 6.07 Å². The Morgan fingerprint density at radius 2 is 1.97 bits per heavy atom. The fraction of sp³-hybridized carbons (Fsp3) is 0.238. The van der Waals surface area contributed by atoms with Gasteiger partial charge in [0.25, 0.3) is 0 Å². The summed E-state index contributed by atoms with van der Waals surface area (Å²) in [6.07, 6.45) is 3.49. The number of carbonyl (C=O) groups excluding carboxylic acids is 1. The summed E-state index contributed by atoms with van der Waals surface area (Å²) in [6, 6.07) is 13.6. The minimum atomic E-state index is -3.84. The standard InChI is InChI=1S/C21H23N3O4S/c1-3-21(25)23-17-9-10-20(16(2)13-17)29(26,27)24(15-19-8-6-12-28-19)14-18-7-4-5-11-22-18/h4-13H,3,14-15H2,1-2H3,(H,23,25). The van der Waals surface area contributed by atoms with E-state index in [-0.39, 0.29) is 23.9 Å². The first-order valence-corrected chi connectivity index (χ1v) is 10.7. The average molecular weight is 413 g/mol. The second-order valence-electron chi connectivity index (χ2n) is 6.56. The minimum absolute atomic E-state index is 0.0830. The van der Waals surface area contributed by atoms with Gasteiger partial charge in [0.2, 0.25) is 15.9 Å². The average Bonchev–Trinajstić information content (AvgIpc) is 3.21. The number of carbonyl (C=O) groups is 1. The van der Waals surface area contributed by atoms with Crippen molar-refractivity contribution in [1.29, 1.82) is 0 Å². The van der Waals surface area contributed by atoms with Gasteiger partial charge in [0.1, 0.15) is 5.76 Å². The number of aromatic nitrogens is 1. The fourth-order valence-electron chi connectivity index (χ4n) is 2.88. The zero-order chi connectivity index (χ0) is 20.9. The van der Waals surface area contributed by atoms with Gasteiger partial charge in [-0.25, -0.2) is 8.42 Å². The molecule has 2 aromatic heterocycles. The summed E-state index contributed by atoms with van der Waals surface area (Å²) in [5.41, 5.74) is 1.74. The van der Waals surface area contributed by atoms with E-state index in [1.54, 1.807) is 56.4 Å². The molecule has 3 aromatic rings. The lowest BCUT2D eigenvalue weighted by Crippen LogP contribution is -2.31. The summed E-state index contributed by atoms with van der Waals surface area (Å²) in [5, 5.41) is 2.74. The smallest absolute Gasteiger partial charge is 0.244 e. The van der Waals surface area contributed by atoms with Crippen molar-refractivity contribution in [2.24, 2.45) is 0 Å². The third-order valence-electron chi connectivity index (χ3n) is 4.37. The van der Waals surface area contributed by atoms with E-state index in [0.29, 0.717) is 29.1 Å². The molecule has 0 unspecified atom stereocenters. The van der Waals surface area contributed by atoms with Gasteiger partial charge in [0.15, 0.2) is 0 Å². The number of anilines is 1. The van der Waals surface area contributed by atoms with Crippen molar-refractivity contribution in [2.45, 2.75) is 38.3 Å². The number of aryl methyl sites for hydroxylation is 1. The molecule has 0 saturated heterocycles. The fourth-order valence-corrected chi connectivity index (χ4v) is 4.46. The van der Waals surface area contributed by atoms with Crippen LogP contribution in [-0.2, 0) is 27.9 Å². The summed E-state index contributed by atoms with van der Waals surface area (Å²) in [5.74, 6) is 0.406. The lowest BCUT2D eigenvalue weighted by molar-refractivity contribution is -0.115. The van der Waals surface area contributed by atoms with E-state index in [4.69, 9.17) is 4.42 Å². The van der Waals surface area contributed by atoms with Crippen LogP contribution in [0.3, 0.4) is 0 Å². The Kier molecular flexibility index (Phi) is 6.46. The van der Waals surface area contributed by atoms with Crippen LogP contribution in [0.5, 0.6) is 0 Å². The first-order valence-electron chi connectivity index (χ1n) is 9.23. The van der Waals surface area contributed by atoms with Gasteiger partial charge in [-0.1, -0.05) is 13.0 Å². The maximum atomic E-state index is 13.4. The predicted molar refractivity (Wildman–Crippen MR) is 109 cm³/mol. The molecule has 152 valence electrons. The van der Waals surface area contributed by atoms with Crippen LogP contribution in [0.1, 0.15) is 30.4 Å². The second-order valence-corrected chi connectivity index (χ2v) is 8.46. The highest BCUT2D eigenvalue weighted by atomic mass is 32.2. The van der Waals surface area contributed by atoms with Crippen molar-refractivity contribution < 1.29 is 17.6 Å². The second kappa shape index (κ2) is 9.02. The number of hydrogen-bond donors (Lipinski definition) is 1. The Balaban J connectivity index is 1.94. The van der Waals surface area contributed by atoms with Gasteiger partial charge in [0, 0.05) is 18.3 Å². The van der Waals surface area contributed by atoms with Gasteiger partial charge in [-0.15, -0.1) is 0 Å². The molecule has 8 heteroatoms. The normalized spacial score (nSPS) is 11.6. The molecular weight excluding hydrogens is 390 g/mol. The monoisotopic (exact) mass is 413 g/mol. The Morgan fingerprint density at radius 3 is 2.59 bits per heavy atom. The number of hydrogen-bond acceptors (Lipinski definition) is 5. The van der Waals surface area contributed by atoms with E-state index in [1.165, 1.54) is 16.6 Å². The van der Waals surface area contributed by atoms with Crippen LogP contribution < -0.4 is 5.32 Å². The highest BCUT2D eigenvalue weighted by molar-refractivity contribution is 7.89. The van der Waals surface area contributed by atoms with Gasteiger partial charge < -0.3 is 9.73 Å². The van der Waals surface area contributed by atoms with Crippen LogP contribution in [0.4, 0.5) is 5.69 Å². The lowest BCUT2D eigenvalue weighted by Gasteiger charge is -2.22. The molecule has 2 heterocycles. The summed E-state index contributed by atoms with van der Waals surface area (Å²) in [6.45, 7) is 3.66. The van der Waals surface area contributed by atoms with Gasteiger partial charge in [0.05, 0.1) is 29.9 Å². The molecule has 0 fully saturated rings. The van der Waals surface area contributed by atoms with Gasteiger partial charge in [-0.05, 0) is 55.0 Å². The molecule has 0 radical (unpaired) electrons. The largest absolute Gasteiger partial charge is 0.468 e. The zero-order valence-corrected chi connectivity index (χ0v) is 17.1. The number of nitrogens with zero attached hydrogens (tertiary/aromatic N) is 2. The Hall–Kier alpha value is -2.97. The van der Waals surface area contributed by atoms with E-state index < -0.39 is 10.0 Å². The molecule has 1 N–H and O–H groups in total. The van der Waals surface area contributed by atoms with Crippen molar-refractivity contribution in [3.05, 3.63) is 78.0 Å². The highest BCUT2D eigenvalue weighted by Crippen LogP contribution is 2.26. The molecule has 0 aliphatic heterocycles. The molecule has 7 nitrogen and oxygen atoms in total. The minimum Gasteiger partial charge on any atom is -0.468 e. The summed E-state index contributed by atoms with van der Waals surface area (Å²) in [7, 11) is -3.84. The van der Waals surface area contributed by atoms with Crippen LogP contribution in [-0.4, -0.2) is 23.6 Å². The first-order chi connectivity index (χ1) is 13.9. The van der Waals surface area contributed by atoms with Crippen molar-refractivity contribution in [3.63, 3.8) is 0 Å². The van der Waals surface area contributed by atoms with E-state index in [2.05, 4.69) is 10.3 Å². The van der Waals surface area contributed by atoms with Crippen LogP contribution >= 0.6 is 0 Å². The molecule has 0 aliphatic carbocycles. The van der Waals surface area contributed by atoms with E-state index in [9.17, 15) is 13.2 Å². The third-order valence-corrected chi connectivity index (χ3v) is 6.33. The van der Waals surface area contributed by atoms with E-state index in [0.717, 1.165) is 0 Å². The zero-order valence-electron chi connectivity index (χ0n) is 16.3. The van der Waals surface area contributed by atoms with Gasteiger partial charge in [-0.2, -0.15) is 4.31 Å². The number of sulfonamides is 1. The summed E-state index contributed by atoms with van der Waals surface area (Å²) >= 11 is 0. The van der Waals surface area contributed by atoms with Gasteiger partial charge in [-0.3, -0.25) is 9.78 Å². The quantitative estimate of drug-likeness (QED) is 0.608. The maximum Gasteiger partial charge on any atom is 0.244 e. The van der Waals surface area contributed by atoms with Crippen LogP contribution in [0.15, 0.2) is 70.3 Å². The summed E-state index contributed by atoms with van der Waals surface area (Å²) in [4.78, 5) is 16.0. The van der Waals surface area contributed by atoms with Crippen molar-refractivity contribution in [1.82, 2.24) is 9.29 Å². The van der Waals surface area contributed by atoms with Crippen LogP contribution in [0.2, 0.25) is 0 Å². The Labute approximate surface area is 170 Å². The van der Waals surface area contributed by atoms with E-state index >= 15 is 0 Å². The SMILES string of the molecule is CCC(=O)Nc1ccc(S(=O)(=O)N(Cc2ccccn2)Cc2ccco2)c(C)c1.